The lowest BCUT2D eigenvalue weighted by Crippen LogP contribution is -2.17. The van der Waals surface area contributed by atoms with Crippen LogP contribution in [0.5, 0.6) is 0 Å². The Kier molecular flexibility index (Phi) is 3.99. The predicted molar refractivity (Wildman–Crippen MR) is 72.2 cm³/mol. The fraction of sp³-hybridized carbons (Fsp3) is 0.357. The van der Waals surface area contributed by atoms with Crippen LogP contribution in [0.4, 0.5) is 5.69 Å². The molecule has 0 aliphatic carbocycles. The second-order valence-corrected chi connectivity index (χ2v) is 4.47. The first-order valence-electron chi connectivity index (χ1n) is 6.13. The first-order valence-corrected chi connectivity index (χ1v) is 6.13. The van der Waals surface area contributed by atoms with Gasteiger partial charge in [-0.3, -0.25) is 0 Å². The molecule has 3 N–H and O–H groups in total. The summed E-state index contributed by atoms with van der Waals surface area (Å²) >= 11 is 0. The molecule has 96 valence electrons. The molecule has 0 unspecified atom stereocenters. The van der Waals surface area contributed by atoms with Crippen LogP contribution in [-0.4, -0.2) is 11.7 Å². The van der Waals surface area contributed by atoms with Gasteiger partial charge in [-0.25, -0.2) is 0 Å². The average molecular weight is 245 g/mol. The molecule has 0 aliphatic rings. The highest BCUT2D eigenvalue weighted by atomic mass is 16.5. The minimum atomic E-state index is 0.802. The Hall–Kier alpha value is -1.81. The number of aromatic nitrogens is 1. The van der Waals surface area contributed by atoms with Crippen LogP contribution in [0.3, 0.4) is 0 Å². The minimum absolute atomic E-state index is 0.802. The SMILES string of the molecule is Cc1noc(C)c1CNCCc1ccc(N)cc1. The number of hydrogen-bond acceptors (Lipinski definition) is 4. The average Bonchev–Trinajstić information content (AvgIpc) is 2.68. The van der Waals surface area contributed by atoms with E-state index in [1.165, 1.54) is 5.56 Å². The summed E-state index contributed by atoms with van der Waals surface area (Å²) in [6.07, 6.45) is 0.990. The van der Waals surface area contributed by atoms with Gasteiger partial charge in [0, 0.05) is 17.8 Å². The van der Waals surface area contributed by atoms with E-state index in [4.69, 9.17) is 10.3 Å². The summed E-state index contributed by atoms with van der Waals surface area (Å²) in [5.74, 6) is 0.896. The second kappa shape index (κ2) is 5.69. The lowest BCUT2D eigenvalue weighted by atomic mass is 10.1. The summed E-state index contributed by atoms with van der Waals surface area (Å²) in [7, 11) is 0. The quantitative estimate of drug-likeness (QED) is 0.626. The van der Waals surface area contributed by atoms with Crippen LogP contribution in [-0.2, 0) is 13.0 Å². The molecule has 4 heteroatoms. The van der Waals surface area contributed by atoms with Crippen molar-refractivity contribution in [3.63, 3.8) is 0 Å². The fourth-order valence-corrected chi connectivity index (χ4v) is 1.88. The third kappa shape index (κ3) is 3.11. The van der Waals surface area contributed by atoms with Gasteiger partial charge in [-0.2, -0.15) is 0 Å². The third-order valence-electron chi connectivity index (χ3n) is 3.05. The van der Waals surface area contributed by atoms with E-state index in [0.29, 0.717) is 0 Å². The molecule has 1 aromatic heterocycles. The number of aryl methyl sites for hydroxylation is 2. The maximum absolute atomic E-state index is 5.65. The zero-order chi connectivity index (χ0) is 13.0. The highest BCUT2D eigenvalue weighted by Crippen LogP contribution is 2.11. The smallest absolute Gasteiger partial charge is 0.138 e. The van der Waals surface area contributed by atoms with Gasteiger partial charge in [0.25, 0.3) is 0 Å². The van der Waals surface area contributed by atoms with Gasteiger partial charge in [-0.05, 0) is 44.5 Å². The fourth-order valence-electron chi connectivity index (χ4n) is 1.88. The summed E-state index contributed by atoms with van der Waals surface area (Å²) in [6.45, 7) is 5.63. The van der Waals surface area contributed by atoms with Gasteiger partial charge in [-0.1, -0.05) is 17.3 Å². The predicted octanol–water partition coefficient (Wildman–Crippen LogP) is 2.21. The number of nitrogen functional groups attached to an aromatic ring is 1. The molecule has 0 aliphatic heterocycles. The Morgan fingerprint density at radius 2 is 1.94 bits per heavy atom. The van der Waals surface area contributed by atoms with Crippen LogP contribution >= 0.6 is 0 Å². The topological polar surface area (TPSA) is 64.1 Å². The normalized spacial score (nSPS) is 10.8. The Balaban J connectivity index is 1.78. The molecule has 0 saturated carbocycles. The van der Waals surface area contributed by atoms with Crippen LogP contribution in [0.25, 0.3) is 0 Å². The Morgan fingerprint density at radius 1 is 1.22 bits per heavy atom. The first kappa shape index (κ1) is 12.6. The molecule has 0 bridgehead atoms. The molecule has 4 nitrogen and oxygen atoms in total. The number of benzene rings is 1. The van der Waals surface area contributed by atoms with Crippen molar-refractivity contribution in [3.05, 3.63) is 46.8 Å². The van der Waals surface area contributed by atoms with Crippen LogP contribution in [0.2, 0.25) is 0 Å². The van der Waals surface area contributed by atoms with Gasteiger partial charge in [0.15, 0.2) is 0 Å². The van der Waals surface area contributed by atoms with Crippen molar-refractivity contribution in [3.8, 4) is 0 Å². The number of nitrogens with zero attached hydrogens (tertiary/aromatic N) is 1. The van der Waals surface area contributed by atoms with E-state index in [2.05, 4.69) is 22.6 Å². The molecule has 0 amide bonds. The van der Waals surface area contributed by atoms with Crippen molar-refractivity contribution < 1.29 is 4.52 Å². The van der Waals surface area contributed by atoms with Gasteiger partial charge in [0.05, 0.1) is 5.69 Å². The van der Waals surface area contributed by atoms with Crippen molar-refractivity contribution in [2.45, 2.75) is 26.8 Å². The van der Waals surface area contributed by atoms with Gasteiger partial charge >= 0.3 is 0 Å². The summed E-state index contributed by atoms with van der Waals surface area (Å²) in [5, 5.41) is 7.34. The van der Waals surface area contributed by atoms with Gasteiger partial charge < -0.3 is 15.6 Å². The van der Waals surface area contributed by atoms with E-state index >= 15 is 0 Å². The number of rotatable bonds is 5. The van der Waals surface area contributed by atoms with Crippen molar-refractivity contribution in [2.75, 3.05) is 12.3 Å². The van der Waals surface area contributed by atoms with E-state index in [0.717, 1.165) is 42.2 Å². The Morgan fingerprint density at radius 3 is 2.56 bits per heavy atom. The number of hydrogen-bond donors (Lipinski definition) is 2. The molecular weight excluding hydrogens is 226 g/mol. The molecule has 0 atom stereocenters. The largest absolute Gasteiger partial charge is 0.399 e. The highest BCUT2D eigenvalue weighted by Gasteiger charge is 2.07. The van der Waals surface area contributed by atoms with Gasteiger partial charge in [0.1, 0.15) is 5.76 Å². The molecule has 0 radical (unpaired) electrons. The number of anilines is 1. The highest BCUT2D eigenvalue weighted by molar-refractivity contribution is 5.39. The summed E-state index contributed by atoms with van der Waals surface area (Å²) in [5.41, 5.74) is 9.87. The molecule has 2 aromatic rings. The van der Waals surface area contributed by atoms with Gasteiger partial charge in [-0.15, -0.1) is 0 Å². The van der Waals surface area contributed by atoms with E-state index in [1.807, 2.05) is 26.0 Å². The summed E-state index contributed by atoms with van der Waals surface area (Å²) in [4.78, 5) is 0. The molecule has 1 aromatic carbocycles. The molecule has 0 spiro atoms. The zero-order valence-corrected chi connectivity index (χ0v) is 10.9. The molecule has 2 rings (SSSR count). The Labute approximate surface area is 107 Å². The van der Waals surface area contributed by atoms with Crippen LogP contribution in [0.15, 0.2) is 28.8 Å². The van der Waals surface area contributed by atoms with Crippen molar-refractivity contribution in [1.82, 2.24) is 10.5 Å². The summed E-state index contributed by atoms with van der Waals surface area (Å²) in [6, 6.07) is 7.99. The second-order valence-electron chi connectivity index (χ2n) is 4.47. The minimum Gasteiger partial charge on any atom is -0.399 e. The lowest BCUT2D eigenvalue weighted by Gasteiger charge is -2.05. The lowest BCUT2D eigenvalue weighted by molar-refractivity contribution is 0.392. The first-order chi connectivity index (χ1) is 8.66. The van der Waals surface area contributed by atoms with E-state index in [-0.39, 0.29) is 0 Å². The van der Waals surface area contributed by atoms with Crippen LogP contribution < -0.4 is 11.1 Å². The molecule has 0 fully saturated rings. The molecule has 1 heterocycles. The standard InChI is InChI=1S/C14H19N3O/c1-10-14(11(2)18-17-10)9-16-8-7-12-3-5-13(15)6-4-12/h3-6,16H,7-9,15H2,1-2H3. The van der Waals surface area contributed by atoms with Crippen LogP contribution in [0.1, 0.15) is 22.6 Å². The van der Waals surface area contributed by atoms with Crippen molar-refractivity contribution in [2.24, 2.45) is 0 Å². The molecule has 0 saturated heterocycles. The third-order valence-corrected chi connectivity index (χ3v) is 3.05. The molecule has 18 heavy (non-hydrogen) atoms. The van der Waals surface area contributed by atoms with Crippen molar-refractivity contribution in [1.29, 1.82) is 0 Å². The zero-order valence-electron chi connectivity index (χ0n) is 10.9. The van der Waals surface area contributed by atoms with E-state index < -0.39 is 0 Å². The number of nitrogens with two attached hydrogens (primary N) is 1. The maximum atomic E-state index is 5.65. The van der Waals surface area contributed by atoms with Gasteiger partial charge in [0.2, 0.25) is 0 Å². The van der Waals surface area contributed by atoms with E-state index in [1.54, 1.807) is 0 Å². The van der Waals surface area contributed by atoms with Crippen molar-refractivity contribution >= 4 is 5.69 Å². The van der Waals surface area contributed by atoms with E-state index in [9.17, 15) is 0 Å². The monoisotopic (exact) mass is 245 g/mol. The number of nitrogens with one attached hydrogen (secondary N) is 1. The summed E-state index contributed by atoms with van der Waals surface area (Å²) < 4.78 is 5.12. The Bertz CT molecular complexity index is 483. The molecular formula is C14H19N3O. The van der Waals surface area contributed by atoms with Crippen LogP contribution in [0, 0.1) is 13.8 Å². The maximum Gasteiger partial charge on any atom is 0.138 e.